The first-order chi connectivity index (χ1) is 9.78. The highest BCUT2D eigenvalue weighted by atomic mass is 19.1. The first kappa shape index (κ1) is 13.3. The smallest absolute Gasteiger partial charge is 0.125 e. The van der Waals surface area contributed by atoms with E-state index >= 15 is 0 Å². The molecule has 1 aromatic heterocycles. The molecule has 1 N–H and O–H groups in total. The van der Waals surface area contributed by atoms with Crippen LogP contribution in [0.1, 0.15) is 36.7 Å². The molecular weight excluding hydrogens is 253 g/mol. The van der Waals surface area contributed by atoms with Crippen LogP contribution in [0.5, 0.6) is 0 Å². The summed E-state index contributed by atoms with van der Waals surface area (Å²) in [5, 5.41) is 3.24. The van der Waals surface area contributed by atoms with Crippen LogP contribution in [0.25, 0.3) is 5.69 Å². The number of hydrogen-bond donors (Lipinski definition) is 1. The number of aromatic nitrogens is 2. The predicted octanol–water partition coefficient (Wildman–Crippen LogP) is 3.00. The summed E-state index contributed by atoms with van der Waals surface area (Å²) in [6.45, 7) is 3.62. The van der Waals surface area contributed by atoms with Gasteiger partial charge in [-0.25, -0.2) is 9.37 Å². The summed E-state index contributed by atoms with van der Waals surface area (Å²) in [7, 11) is 0. The van der Waals surface area contributed by atoms with Crippen LogP contribution >= 0.6 is 0 Å². The lowest BCUT2D eigenvalue weighted by molar-refractivity contribution is 0.618. The second kappa shape index (κ2) is 5.75. The van der Waals surface area contributed by atoms with Crippen molar-refractivity contribution in [2.45, 2.75) is 39.2 Å². The van der Waals surface area contributed by atoms with Gasteiger partial charge in [-0.1, -0.05) is 6.92 Å². The summed E-state index contributed by atoms with van der Waals surface area (Å²) in [6.07, 6.45) is 6.31. The molecule has 0 saturated carbocycles. The highest BCUT2D eigenvalue weighted by Gasteiger charge is 2.16. The van der Waals surface area contributed by atoms with Crippen LogP contribution in [0.4, 0.5) is 4.39 Å². The van der Waals surface area contributed by atoms with Crippen molar-refractivity contribution < 1.29 is 4.39 Å². The Balaban J connectivity index is 1.97. The van der Waals surface area contributed by atoms with Crippen LogP contribution in [0.2, 0.25) is 0 Å². The van der Waals surface area contributed by atoms with Crippen LogP contribution in [0, 0.1) is 5.82 Å². The SMILES string of the molecule is CCNCc1cc(F)cc(-n2cnc3c2CCCC3)c1. The first-order valence-corrected chi connectivity index (χ1v) is 7.33. The molecule has 1 aliphatic carbocycles. The number of imidazole rings is 1. The largest absolute Gasteiger partial charge is 0.313 e. The van der Waals surface area contributed by atoms with Gasteiger partial charge in [-0.2, -0.15) is 0 Å². The van der Waals surface area contributed by atoms with E-state index in [0.29, 0.717) is 6.54 Å². The fourth-order valence-corrected chi connectivity index (χ4v) is 2.84. The van der Waals surface area contributed by atoms with E-state index in [2.05, 4.69) is 10.3 Å². The molecular formula is C16H20FN3. The Hall–Kier alpha value is -1.68. The van der Waals surface area contributed by atoms with Crippen molar-refractivity contribution in [2.24, 2.45) is 0 Å². The van der Waals surface area contributed by atoms with Gasteiger partial charge in [0, 0.05) is 17.9 Å². The molecule has 0 unspecified atom stereocenters. The standard InChI is InChI=1S/C16H20FN3/c1-2-18-10-12-7-13(17)9-14(8-12)20-11-19-15-5-3-4-6-16(15)20/h7-9,11,18H,2-6,10H2,1H3. The topological polar surface area (TPSA) is 29.9 Å². The van der Waals surface area contributed by atoms with E-state index in [1.54, 1.807) is 12.1 Å². The van der Waals surface area contributed by atoms with Crippen LogP contribution in [-0.2, 0) is 19.4 Å². The maximum atomic E-state index is 13.8. The molecule has 3 nitrogen and oxygen atoms in total. The van der Waals surface area contributed by atoms with E-state index in [0.717, 1.165) is 30.6 Å². The minimum atomic E-state index is -0.186. The van der Waals surface area contributed by atoms with Gasteiger partial charge < -0.3 is 9.88 Å². The van der Waals surface area contributed by atoms with Gasteiger partial charge in [-0.05, 0) is 56.0 Å². The number of nitrogens with zero attached hydrogens (tertiary/aromatic N) is 2. The molecule has 0 bridgehead atoms. The average Bonchev–Trinajstić information content (AvgIpc) is 2.88. The van der Waals surface area contributed by atoms with Crippen molar-refractivity contribution in [3.05, 3.63) is 47.3 Å². The first-order valence-electron chi connectivity index (χ1n) is 7.33. The Morgan fingerprint density at radius 2 is 2.10 bits per heavy atom. The van der Waals surface area contributed by atoms with Crippen molar-refractivity contribution in [3.63, 3.8) is 0 Å². The highest BCUT2D eigenvalue weighted by molar-refractivity contribution is 5.40. The molecule has 20 heavy (non-hydrogen) atoms. The van der Waals surface area contributed by atoms with Gasteiger partial charge in [0.1, 0.15) is 5.82 Å². The Labute approximate surface area is 118 Å². The molecule has 0 aliphatic heterocycles. The maximum Gasteiger partial charge on any atom is 0.125 e. The van der Waals surface area contributed by atoms with E-state index < -0.39 is 0 Å². The summed E-state index contributed by atoms with van der Waals surface area (Å²) < 4.78 is 15.9. The normalized spacial score (nSPS) is 14.3. The number of nitrogens with one attached hydrogen (secondary N) is 1. The summed E-state index contributed by atoms with van der Waals surface area (Å²) in [5.41, 5.74) is 4.28. The molecule has 3 rings (SSSR count). The van der Waals surface area contributed by atoms with Crippen LogP contribution < -0.4 is 5.32 Å². The lowest BCUT2D eigenvalue weighted by Gasteiger charge is -2.15. The van der Waals surface area contributed by atoms with Gasteiger partial charge in [0.15, 0.2) is 0 Å². The van der Waals surface area contributed by atoms with Gasteiger partial charge in [-0.3, -0.25) is 0 Å². The van der Waals surface area contributed by atoms with Gasteiger partial charge in [0.25, 0.3) is 0 Å². The van der Waals surface area contributed by atoms with Crippen molar-refractivity contribution in [1.82, 2.24) is 14.9 Å². The van der Waals surface area contributed by atoms with E-state index in [-0.39, 0.29) is 5.82 Å². The van der Waals surface area contributed by atoms with Crippen LogP contribution in [0.3, 0.4) is 0 Å². The molecule has 0 amide bonds. The average molecular weight is 273 g/mol. The molecule has 1 aromatic carbocycles. The zero-order chi connectivity index (χ0) is 13.9. The summed E-state index contributed by atoms with van der Waals surface area (Å²) in [4.78, 5) is 4.48. The molecule has 4 heteroatoms. The fourth-order valence-electron chi connectivity index (χ4n) is 2.84. The van der Waals surface area contributed by atoms with Gasteiger partial charge in [0.05, 0.1) is 12.0 Å². The maximum absolute atomic E-state index is 13.8. The van der Waals surface area contributed by atoms with E-state index in [1.165, 1.54) is 24.2 Å². The number of halogens is 1. The molecule has 106 valence electrons. The molecule has 2 aromatic rings. The Bertz CT molecular complexity index is 604. The number of rotatable bonds is 4. The molecule has 1 heterocycles. The lowest BCUT2D eigenvalue weighted by Crippen LogP contribution is -2.12. The Morgan fingerprint density at radius 1 is 1.25 bits per heavy atom. The van der Waals surface area contributed by atoms with E-state index in [4.69, 9.17) is 0 Å². The van der Waals surface area contributed by atoms with Crippen molar-refractivity contribution in [3.8, 4) is 5.69 Å². The Morgan fingerprint density at radius 3 is 2.95 bits per heavy atom. The van der Waals surface area contributed by atoms with Gasteiger partial charge in [0.2, 0.25) is 0 Å². The minimum absolute atomic E-state index is 0.186. The number of fused-ring (bicyclic) bond motifs is 1. The second-order valence-electron chi connectivity index (χ2n) is 5.31. The van der Waals surface area contributed by atoms with E-state index in [9.17, 15) is 4.39 Å². The molecule has 1 aliphatic rings. The monoisotopic (exact) mass is 273 g/mol. The zero-order valence-corrected chi connectivity index (χ0v) is 11.8. The molecule has 0 atom stereocenters. The van der Waals surface area contributed by atoms with Crippen molar-refractivity contribution in [1.29, 1.82) is 0 Å². The van der Waals surface area contributed by atoms with Crippen molar-refractivity contribution in [2.75, 3.05) is 6.54 Å². The molecule has 0 saturated heterocycles. The quantitative estimate of drug-likeness (QED) is 0.928. The third-order valence-corrected chi connectivity index (χ3v) is 3.83. The summed E-state index contributed by atoms with van der Waals surface area (Å²) in [6, 6.07) is 5.23. The van der Waals surface area contributed by atoms with Crippen LogP contribution in [-0.4, -0.2) is 16.1 Å². The Kier molecular flexibility index (Phi) is 3.83. The molecule has 0 radical (unpaired) electrons. The number of aryl methyl sites for hydroxylation is 1. The molecule has 0 fully saturated rings. The second-order valence-corrected chi connectivity index (χ2v) is 5.31. The van der Waals surface area contributed by atoms with Gasteiger partial charge >= 0.3 is 0 Å². The lowest BCUT2D eigenvalue weighted by atomic mass is 10.0. The van der Waals surface area contributed by atoms with E-state index in [1.807, 2.05) is 23.9 Å². The number of hydrogen-bond acceptors (Lipinski definition) is 2. The predicted molar refractivity (Wildman–Crippen MR) is 77.5 cm³/mol. The summed E-state index contributed by atoms with van der Waals surface area (Å²) >= 11 is 0. The molecule has 0 spiro atoms. The highest BCUT2D eigenvalue weighted by Crippen LogP contribution is 2.24. The van der Waals surface area contributed by atoms with Crippen molar-refractivity contribution >= 4 is 0 Å². The fraction of sp³-hybridized carbons (Fsp3) is 0.438. The zero-order valence-electron chi connectivity index (χ0n) is 11.8. The number of benzene rings is 1. The van der Waals surface area contributed by atoms with Crippen LogP contribution in [0.15, 0.2) is 24.5 Å². The third-order valence-electron chi connectivity index (χ3n) is 3.83. The van der Waals surface area contributed by atoms with Gasteiger partial charge in [-0.15, -0.1) is 0 Å². The summed E-state index contributed by atoms with van der Waals surface area (Å²) in [5.74, 6) is -0.186. The minimum Gasteiger partial charge on any atom is -0.313 e. The third kappa shape index (κ3) is 2.61.